The molecule has 124 valence electrons. The number of thioether (sulfide) groups is 1. The smallest absolute Gasteiger partial charge is 0.186 e. The fourth-order valence-electron chi connectivity index (χ4n) is 1.54. The van der Waals surface area contributed by atoms with Gasteiger partial charge in [-0.25, -0.2) is 0 Å². The summed E-state index contributed by atoms with van der Waals surface area (Å²) in [5.41, 5.74) is 8.02. The number of nitrogens with zero attached hydrogens (tertiary/aromatic N) is 2. The Labute approximate surface area is 152 Å². The van der Waals surface area contributed by atoms with Crippen LogP contribution in [0.3, 0.4) is 0 Å². The van der Waals surface area contributed by atoms with Gasteiger partial charge in [0.25, 0.3) is 0 Å². The summed E-state index contributed by atoms with van der Waals surface area (Å²) in [4.78, 5) is 1.87. The van der Waals surface area contributed by atoms with Crippen molar-refractivity contribution in [1.82, 2.24) is 16.2 Å². The molecule has 0 fully saturated rings. The minimum Gasteiger partial charge on any atom is -0.364 e. The van der Waals surface area contributed by atoms with E-state index in [0.29, 0.717) is 21.5 Å². The fourth-order valence-corrected chi connectivity index (χ4v) is 2.04. The topological polar surface area (TPSA) is 60.8 Å². The standard InChI is InChI=1S/C15H21N5S3/c1-5-13(21)18-17-10(2)14(19-20-15(22)16-3)11-6-8-12(23-4)9-7-11/h6-9H,5H2,1-4H3,(H,18,21)(H2,16,20,22). The molecule has 8 heteroatoms. The van der Waals surface area contributed by atoms with Crippen LogP contribution in [0.25, 0.3) is 0 Å². The van der Waals surface area contributed by atoms with Gasteiger partial charge in [-0.3, -0.25) is 10.9 Å². The van der Waals surface area contributed by atoms with Crippen molar-refractivity contribution in [1.29, 1.82) is 0 Å². The van der Waals surface area contributed by atoms with Gasteiger partial charge in [0.2, 0.25) is 0 Å². The minimum absolute atomic E-state index is 0.438. The van der Waals surface area contributed by atoms with Gasteiger partial charge in [-0.2, -0.15) is 10.2 Å². The molecule has 0 aliphatic rings. The lowest BCUT2D eigenvalue weighted by molar-refractivity contribution is 0.974. The van der Waals surface area contributed by atoms with Crippen LogP contribution in [-0.2, 0) is 0 Å². The fraction of sp³-hybridized carbons (Fsp3) is 0.333. The Morgan fingerprint density at radius 2 is 1.78 bits per heavy atom. The van der Waals surface area contributed by atoms with E-state index in [1.807, 2.05) is 44.4 Å². The number of benzene rings is 1. The second kappa shape index (κ2) is 10.3. The number of rotatable bonds is 6. The second-order valence-electron chi connectivity index (χ2n) is 4.47. The van der Waals surface area contributed by atoms with Crippen LogP contribution in [0.2, 0.25) is 0 Å². The molecular formula is C15H21N5S3. The van der Waals surface area contributed by atoms with Gasteiger partial charge in [0.05, 0.1) is 10.7 Å². The maximum atomic E-state index is 5.13. The van der Waals surface area contributed by atoms with Crippen molar-refractivity contribution < 1.29 is 0 Å². The molecule has 0 aliphatic carbocycles. The van der Waals surface area contributed by atoms with Gasteiger partial charge in [-0.15, -0.1) is 11.8 Å². The highest BCUT2D eigenvalue weighted by molar-refractivity contribution is 7.98. The molecule has 0 bridgehead atoms. The van der Waals surface area contributed by atoms with Gasteiger partial charge in [-0.05, 0) is 44.0 Å². The highest BCUT2D eigenvalue weighted by atomic mass is 32.2. The molecule has 3 N–H and O–H groups in total. The first-order valence-corrected chi connectivity index (χ1v) is 9.09. The Balaban J connectivity index is 3.09. The minimum atomic E-state index is 0.438. The zero-order chi connectivity index (χ0) is 17.2. The number of hydrazone groups is 2. The average Bonchev–Trinajstić information content (AvgIpc) is 2.59. The second-order valence-corrected chi connectivity index (χ2v) is 6.25. The van der Waals surface area contributed by atoms with Crippen molar-refractivity contribution in [2.75, 3.05) is 13.3 Å². The maximum Gasteiger partial charge on any atom is 0.186 e. The Kier molecular flexibility index (Phi) is 8.75. The van der Waals surface area contributed by atoms with Gasteiger partial charge in [0.15, 0.2) is 5.11 Å². The molecule has 23 heavy (non-hydrogen) atoms. The summed E-state index contributed by atoms with van der Waals surface area (Å²) in [6.45, 7) is 3.85. The molecule has 0 aliphatic heterocycles. The first-order chi connectivity index (χ1) is 11.0. The monoisotopic (exact) mass is 367 g/mol. The van der Waals surface area contributed by atoms with Gasteiger partial charge >= 0.3 is 0 Å². The van der Waals surface area contributed by atoms with E-state index in [4.69, 9.17) is 24.4 Å². The first kappa shape index (κ1) is 19.5. The van der Waals surface area contributed by atoms with Crippen molar-refractivity contribution in [3.05, 3.63) is 29.8 Å². The Bertz CT molecular complexity index is 608. The van der Waals surface area contributed by atoms with Crippen molar-refractivity contribution in [3.63, 3.8) is 0 Å². The van der Waals surface area contributed by atoms with Crippen LogP contribution in [0.1, 0.15) is 25.8 Å². The summed E-state index contributed by atoms with van der Waals surface area (Å²) < 4.78 is 0. The normalized spacial score (nSPS) is 11.8. The summed E-state index contributed by atoms with van der Waals surface area (Å²) >= 11 is 11.9. The molecule has 0 unspecified atom stereocenters. The highest BCUT2D eigenvalue weighted by Crippen LogP contribution is 2.15. The number of hydrogen-bond acceptors (Lipinski definition) is 5. The molecule has 0 atom stereocenters. The molecule has 5 nitrogen and oxygen atoms in total. The quantitative estimate of drug-likeness (QED) is 0.311. The van der Waals surface area contributed by atoms with E-state index in [2.05, 4.69) is 26.4 Å². The SMILES string of the molecule is CCC(=S)NN=C(C)C(=NNC(=S)NC)c1ccc(SC)cc1. The zero-order valence-electron chi connectivity index (χ0n) is 13.6. The van der Waals surface area contributed by atoms with E-state index in [1.165, 1.54) is 4.90 Å². The number of nitrogens with one attached hydrogen (secondary N) is 3. The van der Waals surface area contributed by atoms with E-state index >= 15 is 0 Å². The molecule has 0 radical (unpaired) electrons. The summed E-state index contributed by atoms with van der Waals surface area (Å²) in [5.74, 6) is 0. The van der Waals surface area contributed by atoms with Crippen LogP contribution in [0, 0.1) is 0 Å². The molecule has 1 rings (SSSR count). The number of hydrogen-bond donors (Lipinski definition) is 3. The largest absolute Gasteiger partial charge is 0.364 e. The van der Waals surface area contributed by atoms with Crippen molar-refractivity contribution in [3.8, 4) is 0 Å². The Morgan fingerprint density at radius 1 is 1.13 bits per heavy atom. The van der Waals surface area contributed by atoms with E-state index < -0.39 is 0 Å². The summed E-state index contributed by atoms with van der Waals surface area (Å²) in [5, 5.41) is 11.9. The molecule has 0 aromatic heterocycles. The van der Waals surface area contributed by atoms with E-state index in [0.717, 1.165) is 12.0 Å². The third-order valence-electron chi connectivity index (χ3n) is 2.87. The molecule has 0 saturated carbocycles. The van der Waals surface area contributed by atoms with Gasteiger partial charge in [-0.1, -0.05) is 31.3 Å². The number of thiocarbonyl (C=S) groups is 2. The van der Waals surface area contributed by atoms with Crippen LogP contribution in [0.5, 0.6) is 0 Å². The molecule has 0 spiro atoms. The summed E-state index contributed by atoms with van der Waals surface area (Å²) in [6, 6.07) is 8.10. The molecule has 0 amide bonds. The third-order valence-corrected chi connectivity index (χ3v) is 4.29. The van der Waals surface area contributed by atoms with Gasteiger partial charge < -0.3 is 5.32 Å². The van der Waals surface area contributed by atoms with Crippen molar-refractivity contribution in [2.45, 2.75) is 25.2 Å². The highest BCUT2D eigenvalue weighted by Gasteiger charge is 2.09. The van der Waals surface area contributed by atoms with E-state index in [1.54, 1.807) is 18.8 Å². The van der Waals surface area contributed by atoms with Gasteiger partial charge in [0, 0.05) is 17.5 Å². The van der Waals surface area contributed by atoms with Crippen molar-refractivity contribution in [2.24, 2.45) is 10.2 Å². The maximum absolute atomic E-state index is 5.13. The Hall–Kier alpha value is -1.51. The van der Waals surface area contributed by atoms with E-state index in [9.17, 15) is 0 Å². The summed E-state index contributed by atoms with van der Waals surface area (Å²) in [7, 11) is 1.74. The average molecular weight is 368 g/mol. The van der Waals surface area contributed by atoms with E-state index in [-0.39, 0.29) is 0 Å². The molecule has 0 heterocycles. The van der Waals surface area contributed by atoms with Crippen molar-refractivity contribution >= 4 is 57.7 Å². The molecule has 1 aromatic carbocycles. The van der Waals surface area contributed by atoms with Crippen LogP contribution >= 0.6 is 36.2 Å². The van der Waals surface area contributed by atoms with Crippen LogP contribution < -0.4 is 16.2 Å². The van der Waals surface area contributed by atoms with Crippen LogP contribution in [0.15, 0.2) is 39.4 Å². The predicted molar refractivity (Wildman–Crippen MR) is 109 cm³/mol. The lowest BCUT2D eigenvalue weighted by Gasteiger charge is -2.09. The summed E-state index contributed by atoms with van der Waals surface area (Å²) in [6.07, 6.45) is 2.78. The van der Waals surface area contributed by atoms with Crippen LogP contribution in [0.4, 0.5) is 0 Å². The lowest BCUT2D eigenvalue weighted by atomic mass is 10.1. The third kappa shape index (κ3) is 6.64. The Morgan fingerprint density at radius 3 is 2.30 bits per heavy atom. The van der Waals surface area contributed by atoms with Crippen LogP contribution in [-0.4, -0.2) is 34.8 Å². The molecule has 0 saturated heterocycles. The molecular weight excluding hydrogens is 346 g/mol. The first-order valence-electron chi connectivity index (χ1n) is 7.05. The van der Waals surface area contributed by atoms with Gasteiger partial charge in [0.1, 0.15) is 5.71 Å². The lowest BCUT2D eigenvalue weighted by Crippen LogP contribution is -2.31. The predicted octanol–water partition coefficient (Wildman–Crippen LogP) is 2.91. The zero-order valence-corrected chi connectivity index (χ0v) is 16.1. The molecule has 1 aromatic rings.